The third-order valence-electron chi connectivity index (χ3n) is 5.04. The monoisotopic (exact) mass is 306 g/mol. The summed E-state index contributed by atoms with van der Waals surface area (Å²) in [4.78, 5) is 24.2. The van der Waals surface area contributed by atoms with E-state index in [9.17, 15) is 14.7 Å². The molecule has 1 saturated heterocycles. The average Bonchev–Trinajstić information content (AvgIpc) is 2.87. The van der Waals surface area contributed by atoms with Crippen LogP contribution >= 0.6 is 11.8 Å². The number of carbonyl (C=O) groups excluding carboxylic acids is 2. The molecule has 6 unspecified atom stereocenters. The van der Waals surface area contributed by atoms with Gasteiger partial charge in [-0.2, -0.15) is 0 Å². The lowest BCUT2D eigenvalue weighted by atomic mass is 9.80. The van der Waals surface area contributed by atoms with E-state index in [2.05, 4.69) is 26.3 Å². The Morgan fingerprint density at radius 3 is 2.48 bits per heavy atom. The van der Waals surface area contributed by atoms with Crippen LogP contribution in [-0.2, 0) is 9.59 Å². The van der Waals surface area contributed by atoms with E-state index < -0.39 is 0 Å². The van der Waals surface area contributed by atoms with Crippen molar-refractivity contribution in [1.82, 2.24) is 0 Å². The van der Waals surface area contributed by atoms with Crippen molar-refractivity contribution in [3.63, 3.8) is 0 Å². The Bertz CT molecular complexity index is 510. The maximum atomic E-state index is 12.3. The van der Waals surface area contributed by atoms with Crippen molar-refractivity contribution in [2.75, 3.05) is 0 Å². The minimum atomic E-state index is -0.364. The molecule has 0 spiro atoms. The molecule has 0 radical (unpaired) electrons. The standard InChI is InChI=1S/C15H18O3S.C2H4/c1-6-4-11(17)13-8(3)15(18)19-14(13)12-7(2)10(16)5-9(6)12;1-2/h7,9-10,12-14,16H,1,3-5H2,2H3;1-2H2. The molecule has 3 aliphatic rings. The van der Waals surface area contributed by atoms with Crippen molar-refractivity contribution >= 4 is 22.7 Å². The Kier molecular flexibility index (Phi) is 4.59. The molecule has 4 heteroatoms. The van der Waals surface area contributed by atoms with Gasteiger partial charge in [0, 0.05) is 17.2 Å². The van der Waals surface area contributed by atoms with Crippen LogP contribution in [0, 0.1) is 23.7 Å². The van der Waals surface area contributed by atoms with Crippen LogP contribution in [-0.4, -0.2) is 27.4 Å². The number of allylic oxidation sites excluding steroid dienone is 1. The number of rotatable bonds is 0. The minimum Gasteiger partial charge on any atom is -0.393 e. The van der Waals surface area contributed by atoms with Crippen LogP contribution in [0.15, 0.2) is 37.5 Å². The Morgan fingerprint density at radius 1 is 1.24 bits per heavy atom. The fourth-order valence-electron chi connectivity index (χ4n) is 3.96. The lowest BCUT2D eigenvalue weighted by Gasteiger charge is -2.28. The van der Waals surface area contributed by atoms with E-state index >= 15 is 0 Å². The largest absolute Gasteiger partial charge is 0.393 e. The summed E-state index contributed by atoms with van der Waals surface area (Å²) in [6, 6.07) is 0. The number of carbonyl (C=O) groups is 2. The van der Waals surface area contributed by atoms with Crippen molar-refractivity contribution in [3.8, 4) is 0 Å². The van der Waals surface area contributed by atoms with Crippen molar-refractivity contribution in [2.24, 2.45) is 23.7 Å². The molecule has 1 heterocycles. The number of aliphatic hydroxyl groups excluding tert-OH is 1. The van der Waals surface area contributed by atoms with Gasteiger partial charge in [-0.05, 0) is 24.2 Å². The highest BCUT2D eigenvalue weighted by atomic mass is 32.2. The molecule has 0 aromatic rings. The van der Waals surface area contributed by atoms with Crippen LogP contribution in [0.5, 0.6) is 0 Å². The second-order valence-corrected chi connectivity index (χ2v) is 7.17. The number of thioether (sulfide) groups is 1. The molecule has 0 bridgehead atoms. The summed E-state index contributed by atoms with van der Waals surface area (Å²) < 4.78 is 0. The number of ketones is 1. The van der Waals surface area contributed by atoms with Crippen LogP contribution < -0.4 is 0 Å². The molecule has 21 heavy (non-hydrogen) atoms. The van der Waals surface area contributed by atoms with Gasteiger partial charge in [-0.1, -0.05) is 37.4 Å². The van der Waals surface area contributed by atoms with Gasteiger partial charge in [0.05, 0.1) is 12.0 Å². The Hall–Kier alpha value is -1.13. The van der Waals surface area contributed by atoms with Crippen LogP contribution in [0.25, 0.3) is 0 Å². The van der Waals surface area contributed by atoms with Crippen LogP contribution in [0.2, 0.25) is 0 Å². The van der Waals surface area contributed by atoms with Crippen molar-refractivity contribution < 1.29 is 14.7 Å². The molecule has 3 fully saturated rings. The van der Waals surface area contributed by atoms with Gasteiger partial charge >= 0.3 is 0 Å². The second-order valence-electron chi connectivity index (χ2n) is 6.02. The molecule has 0 aromatic carbocycles. The van der Waals surface area contributed by atoms with Gasteiger partial charge in [-0.25, -0.2) is 0 Å². The summed E-state index contributed by atoms with van der Waals surface area (Å²) in [7, 11) is 0. The predicted molar refractivity (Wildman–Crippen MR) is 85.8 cm³/mol. The molecule has 3 rings (SSSR count). The SMILES string of the molecule is C=C.C=C1CC(=O)C2C(=C)C(=O)SC2C2C1CC(O)C2C. The molecule has 2 saturated carbocycles. The van der Waals surface area contributed by atoms with E-state index in [0.717, 1.165) is 5.57 Å². The molecule has 0 aromatic heterocycles. The van der Waals surface area contributed by atoms with E-state index in [4.69, 9.17) is 0 Å². The zero-order valence-electron chi connectivity index (χ0n) is 12.4. The predicted octanol–water partition coefficient (Wildman–Crippen LogP) is 2.77. The topological polar surface area (TPSA) is 54.4 Å². The average molecular weight is 306 g/mol. The van der Waals surface area contributed by atoms with Crippen molar-refractivity contribution in [3.05, 3.63) is 37.5 Å². The van der Waals surface area contributed by atoms with Gasteiger partial charge in [0.25, 0.3) is 0 Å². The maximum absolute atomic E-state index is 12.3. The molecule has 1 N–H and O–H groups in total. The summed E-state index contributed by atoms with van der Waals surface area (Å²) in [5, 5.41) is 10.0. The molecule has 114 valence electrons. The van der Waals surface area contributed by atoms with Crippen molar-refractivity contribution in [1.29, 1.82) is 0 Å². The van der Waals surface area contributed by atoms with Gasteiger partial charge in [0.2, 0.25) is 5.12 Å². The molecular weight excluding hydrogens is 284 g/mol. The van der Waals surface area contributed by atoms with Crippen LogP contribution in [0.1, 0.15) is 19.8 Å². The van der Waals surface area contributed by atoms with Crippen molar-refractivity contribution in [2.45, 2.75) is 31.1 Å². The third-order valence-corrected chi connectivity index (χ3v) is 6.37. The maximum Gasteiger partial charge on any atom is 0.215 e. The zero-order valence-corrected chi connectivity index (χ0v) is 13.2. The summed E-state index contributed by atoms with van der Waals surface area (Å²) in [6.45, 7) is 15.9. The van der Waals surface area contributed by atoms with E-state index in [0.29, 0.717) is 18.4 Å². The number of hydrogen-bond acceptors (Lipinski definition) is 4. The highest BCUT2D eigenvalue weighted by molar-refractivity contribution is 8.15. The van der Waals surface area contributed by atoms with Gasteiger partial charge in [0.15, 0.2) is 0 Å². The third kappa shape index (κ3) is 2.44. The Labute approximate surface area is 130 Å². The lowest BCUT2D eigenvalue weighted by Crippen LogP contribution is -2.32. The minimum absolute atomic E-state index is 0.0519. The first kappa shape index (κ1) is 16.2. The molecule has 3 nitrogen and oxygen atoms in total. The van der Waals surface area contributed by atoms with Gasteiger partial charge in [-0.15, -0.1) is 13.2 Å². The van der Waals surface area contributed by atoms with Gasteiger partial charge in [-0.3, -0.25) is 9.59 Å². The van der Waals surface area contributed by atoms with E-state index in [1.807, 2.05) is 6.92 Å². The highest BCUT2D eigenvalue weighted by Crippen LogP contribution is 2.55. The highest BCUT2D eigenvalue weighted by Gasteiger charge is 2.55. The smallest absolute Gasteiger partial charge is 0.215 e. The summed E-state index contributed by atoms with van der Waals surface area (Å²) >= 11 is 1.25. The first-order valence-corrected chi connectivity index (χ1v) is 8.08. The van der Waals surface area contributed by atoms with E-state index in [1.54, 1.807) is 0 Å². The Balaban J connectivity index is 0.000000774. The lowest BCUT2D eigenvalue weighted by molar-refractivity contribution is -0.121. The fraction of sp³-hybridized carbons (Fsp3) is 0.529. The van der Waals surface area contributed by atoms with E-state index in [1.165, 1.54) is 11.8 Å². The first-order chi connectivity index (χ1) is 9.91. The fourth-order valence-corrected chi connectivity index (χ4v) is 5.53. The number of Topliss-reactive ketones (excluding diaryl/α,β-unsaturated/α-hetero) is 1. The van der Waals surface area contributed by atoms with Gasteiger partial charge < -0.3 is 5.11 Å². The first-order valence-electron chi connectivity index (χ1n) is 7.20. The molecular formula is C17H22O3S. The number of fused-ring (bicyclic) bond motifs is 3. The zero-order chi connectivity index (χ0) is 15.9. The number of hydrogen-bond donors (Lipinski definition) is 1. The summed E-state index contributed by atoms with van der Waals surface area (Å²) in [5.41, 5.74) is 1.37. The molecule has 6 atom stereocenters. The molecule has 1 aliphatic heterocycles. The molecule has 0 amide bonds. The summed E-state index contributed by atoms with van der Waals surface area (Å²) in [6.07, 6.45) is 0.641. The number of aliphatic hydroxyl groups is 1. The normalized spacial score (nSPS) is 42.0. The van der Waals surface area contributed by atoms with E-state index in [-0.39, 0.29) is 45.9 Å². The molecule has 2 aliphatic carbocycles. The van der Waals surface area contributed by atoms with Gasteiger partial charge in [0.1, 0.15) is 5.78 Å². The quantitative estimate of drug-likeness (QED) is 0.552. The van der Waals surface area contributed by atoms with Crippen LogP contribution in [0.3, 0.4) is 0 Å². The van der Waals surface area contributed by atoms with Crippen LogP contribution in [0.4, 0.5) is 0 Å². The summed E-state index contributed by atoms with van der Waals surface area (Å²) in [5.74, 6) is 0.139. The second kappa shape index (κ2) is 5.93. The Morgan fingerprint density at radius 2 is 1.86 bits per heavy atom.